The van der Waals surface area contributed by atoms with Gasteiger partial charge in [-0.05, 0) is 60.6 Å². The molecule has 1 saturated carbocycles. The van der Waals surface area contributed by atoms with Crippen LogP contribution in [0.25, 0.3) is 0 Å². The lowest BCUT2D eigenvalue weighted by Gasteiger charge is -2.26. The number of anilines is 3. The Labute approximate surface area is 143 Å². The summed E-state index contributed by atoms with van der Waals surface area (Å²) in [5, 5.41) is 2.90. The third-order valence-corrected chi connectivity index (χ3v) is 4.90. The first-order chi connectivity index (χ1) is 11.5. The van der Waals surface area contributed by atoms with Crippen LogP contribution in [0.15, 0.2) is 42.5 Å². The summed E-state index contributed by atoms with van der Waals surface area (Å²) in [6, 6.07) is 13.1. The van der Waals surface area contributed by atoms with Crippen LogP contribution in [0.1, 0.15) is 54.4 Å². The number of amides is 1. The van der Waals surface area contributed by atoms with Crippen LogP contribution in [0.4, 0.5) is 17.1 Å². The molecule has 2 aromatic rings. The van der Waals surface area contributed by atoms with Crippen molar-refractivity contribution < 1.29 is 4.79 Å². The van der Waals surface area contributed by atoms with Crippen molar-refractivity contribution in [2.24, 2.45) is 5.92 Å². The predicted octanol–water partition coefficient (Wildman–Crippen LogP) is 4.40. The molecule has 4 nitrogen and oxygen atoms in total. The molecule has 0 aromatic heterocycles. The van der Waals surface area contributed by atoms with Gasteiger partial charge in [0.05, 0.1) is 0 Å². The van der Waals surface area contributed by atoms with Gasteiger partial charge < -0.3 is 16.8 Å². The summed E-state index contributed by atoms with van der Waals surface area (Å²) in [6.45, 7) is 2.33. The average Bonchev–Trinajstić information content (AvgIpc) is 2.55. The van der Waals surface area contributed by atoms with E-state index in [1.807, 2.05) is 12.1 Å². The van der Waals surface area contributed by atoms with Crippen LogP contribution in [0.2, 0.25) is 0 Å². The predicted molar refractivity (Wildman–Crippen MR) is 100 cm³/mol. The van der Waals surface area contributed by atoms with Crippen molar-refractivity contribution in [2.75, 3.05) is 16.8 Å². The van der Waals surface area contributed by atoms with Gasteiger partial charge in [-0.2, -0.15) is 0 Å². The van der Waals surface area contributed by atoms with Gasteiger partial charge in [0.1, 0.15) is 0 Å². The largest absolute Gasteiger partial charge is 0.399 e. The fourth-order valence-electron chi connectivity index (χ4n) is 3.44. The second-order valence-corrected chi connectivity index (χ2v) is 6.92. The summed E-state index contributed by atoms with van der Waals surface area (Å²) in [5.74, 6) is 1.30. The number of carbonyl (C=O) groups excluding carboxylic acids is 1. The first-order valence-electron chi connectivity index (χ1n) is 8.58. The van der Waals surface area contributed by atoms with Gasteiger partial charge in [-0.15, -0.1) is 0 Å². The highest BCUT2D eigenvalue weighted by molar-refractivity contribution is 6.05. The molecule has 1 amide bonds. The molecule has 0 heterocycles. The third kappa shape index (κ3) is 3.88. The Morgan fingerprint density at radius 1 is 0.958 bits per heavy atom. The van der Waals surface area contributed by atoms with Gasteiger partial charge in [0.15, 0.2) is 0 Å². The number of carbonyl (C=O) groups is 1. The smallest absolute Gasteiger partial charge is 0.255 e. The monoisotopic (exact) mass is 323 g/mol. The van der Waals surface area contributed by atoms with E-state index < -0.39 is 0 Å². The molecule has 0 radical (unpaired) electrons. The number of hydrogen-bond donors (Lipinski definition) is 3. The molecule has 24 heavy (non-hydrogen) atoms. The van der Waals surface area contributed by atoms with Crippen molar-refractivity contribution >= 4 is 23.0 Å². The molecule has 0 spiro atoms. The zero-order chi connectivity index (χ0) is 17.1. The quantitative estimate of drug-likeness (QED) is 0.732. The van der Waals surface area contributed by atoms with E-state index in [9.17, 15) is 4.79 Å². The van der Waals surface area contributed by atoms with Crippen molar-refractivity contribution in [1.29, 1.82) is 0 Å². The Balaban J connectivity index is 1.66. The summed E-state index contributed by atoms with van der Waals surface area (Å²) >= 11 is 0. The SMILES string of the molecule is CC1CCC(c2ccc(NC(=O)c3cc(N)cc(N)c3)cc2)CC1. The molecule has 126 valence electrons. The van der Waals surface area contributed by atoms with Gasteiger partial charge in [-0.3, -0.25) is 4.79 Å². The summed E-state index contributed by atoms with van der Waals surface area (Å²) in [6.07, 6.45) is 5.13. The maximum Gasteiger partial charge on any atom is 0.255 e. The lowest BCUT2D eigenvalue weighted by atomic mass is 9.79. The van der Waals surface area contributed by atoms with Crippen molar-refractivity contribution in [3.63, 3.8) is 0 Å². The number of nitrogen functional groups attached to an aromatic ring is 2. The molecule has 0 aliphatic heterocycles. The Kier molecular flexibility index (Phi) is 4.74. The first kappa shape index (κ1) is 16.4. The summed E-state index contributed by atoms with van der Waals surface area (Å²) < 4.78 is 0. The normalized spacial score (nSPS) is 20.5. The molecule has 3 rings (SSSR count). The van der Waals surface area contributed by atoms with Crippen LogP contribution in [-0.4, -0.2) is 5.91 Å². The number of rotatable bonds is 3. The van der Waals surface area contributed by atoms with Crippen LogP contribution < -0.4 is 16.8 Å². The Bertz CT molecular complexity index is 696. The number of benzene rings is 2. The minimum absolute atomic E-state index is 0.201. The van der Waals surface area contributed by atoms with Crippen LogP contribution in [0.3, 0.4) is 0 Å². The fourth-order valence-corrected chi connectivity index (χ4v) is 3.44. The minimum atomic E-state index is -0.201. The van der Waals surface area contributed by atoms with Crippen LogP contribution in [0, 0.1) is 5.92 Å². The van der Waals surface area contributed by atoms with E-state index in [4.69, 9.17) is 11.5 Å². The molecule has 0 bridgehead atoms. The minimum Gasteiger partial charge on any atom is -0.399 e. The highest BCUT2D eigenvalue weighted by atomic mass is 16.1. The summed E-state index contributed by atoms with van der Waals surface area (Å²) in [4.78, 5) is 12.3. The summed E-state index contributed by atoms with van der Waals surface area (Å²) in [7, 11) is 0. The number of nitrogens with two attached hydrogens (primary N) is 2. The van der Waals surface area contributed by atoms with E-state index in [1.54, 1.807) is 18.2 Å². The second-order valence-electron chi connectivity index (χ2n) is 6.92. The first-order valence-corrected chi connectivity index (χ1v) is 8.58. The average molecular weight is 323 g/mol. The third-order valence-electron chi connectivity index (χ3n) is 4.90. The molecular weight excluding hydrogens is 298 g/mol. The van der Waals surface area contributed by atoms with Crippen molar-refractivity contribution in [2.45, 2.75) is 38.5 Å². The maximum absolute atomic E-state index is 12.3. The van der Waals surface area contributed by atoms with Gasteiger partial charge in [0.25, 0.3) is 5.91 Å². The maximum atomic E-state index is 12.3. The van der Waals surface area contributed by atoms with E-state index in [2.05, 4.69) is 24.4 Å². The topological polar surface area (TPSA) is 81.1 Å². The lowest BCUT2D eigenvalue weighted by molar-refractivity contribution is 0.102. The molecule has 0 saturated heterocycles. The number of hydrogen-bond acceptors (Lipinski definition) is 3. The van der Waals surface area contributed by atoms with E-state index in [1.165, 1.54) is 31.2 Å². The van der Waals surface area contributed by atoms with Crippen molar-refractivity contribution in [1.82, 2.24) is 0 Å². The zero-order valence-electron chi connectivity index (χ0n) is 14.1. The zero-order valence-corrected chi connectivity index (χ0v) is 14.1. The highest BCUT2D eigenvalue weighted by Crippen LogP contribution is 2.35. The van der Waals surface area contributed by atoms with Crippen LogP contribution >= 0.6 is 0 Å². The molecule has 1 fully saturated rings. The molecule has 1 aliphatic rings. The van der Waals surface area contributed by atoms with E-state index in [-0.39, 0.29) is 5.91 Å². The molecule has 4 heteroatoms. The Hall–Kier alpha value is -2.49. The van der Waals surface area contributed by atoms with E-state index in [0.29, 0.717) is 22.9 Å². The standard InChI is InChI=1S/C20H25N3O/c1-13-2-4-14(5-3-13)15-6-8-19(9-7-15)23-20(24)16-10-17(21)12-18(22)11-16/h6-14H,2-5,21-22H2,1H3,(H,23,24). The molecule has 0 unspecified atom stereocenters. The lowest BCUT2D eigenvalue weighted by Crippen LogP contribution is -2.13. The van der Waals surface area contributed by atoms with Crippen LogP contribution in [-0.2, 0) is 0 Å². The fraction of sp³-hybridized carbons (Fsp3) is 0.350. The van der Waals surface area contributed by atoms with Gasteiger partial charge >= 0.3 is 0 Å². The van der Waals surface area contributed by atoms with Gasteiger partial charge in [0.2, 0.25) is 0 Å². The van der Waals surface area contributed by atoms with Gasteiger partial charge in [-0.25, -0.2) is 0 Å². The van der Waals surface area contributed by atoms with E-state index >= 15 is 0 Å². The van der Waals surface area contributed by atoms with Crippen molar-refractivity contribution in [3.8, 4) is 0 Å². The molecule has 1 aliphatic carbocycles. The second kappa shape index (κ2) is 6.95. The highest BCUT2D eigenvalue weighted by Gasteiger charge is 2.19. The summed E-state index contributed by atoms with van der Waals surface area (Å²) in [5.41, 5.74) is 15.1. The molecule has 2 aromatic carbocycles. The molecular formula is C20H25N3O. The molecule has 0 atom stereocenters. The van der Waals surface area contributed by atoms with Crippen LogP contribution in [0.5, 0.6) is 0 Å². The Morgan fingerprint density at radius 3 is 2.12 bits per heavy atom. The number of nitrogens with one attached hydrogen (secondary N) is 1. The molecule has 5 N–H and O–H groups in total. The van der Waals surface area contributed by atoms with Crippen molar-refractivity contribution in [3.05, 3.63) is 53.6 Å². The van der Waals surface area contributed by atoms with Gasteiger partial charge in [-0.1, -0.05) is 31.9 Å². The Morgan fingerprint density at radius 2 is 1.54 bits per heavy atom. The van der Waals surface area contributed by atoms with E-state index in [0.717, 1.165) is 11.6 Å². The van der Waals surface area contributed by atoms with Gasteiger partial charge in [0, 0.05) is 22.6 Å².